The molecule has 80 valence electrons. The highest BCUT2D eigenvalue weighted by atomic mass is 19.4. The van der Waals surface area contributed by atoms with Crippen molar-refractivity contribution in [3.05, 3.63) is 34.6 Å². The van der Waals surface area contributed by atoms with E-state index in [2.05, 4.69) is 0 Å². The molecule has 0 spiro atoms. The predicted octanol–water partition coefficient (Wildman–Crippen LogP) is 2.21. The van der Waals surface area contributed by atoms with Crippen LogP contribution in [0.25, 0.3) is 0 Å². The predicted molar refractivity (Wildman–Crippen MR) is 42.0 cm³/mol. The zero-order chi connectivity index (χ0) is 11.6. The molecule has 2 nitrogen and oxygen atoms in total. The van der Waals surface area contributed by atoms with Crippen LogP contribution >= 0.6 is 0 Å². The molecule has 0 unspecified atom stereocenters. The Morgan fingerprint density at radius 1 is 1.33 bits per heavy atom. The Bertz CT molecular complexity index is 419. The molecule has 0 aliphatic rings. The van der Waals surface area contributed by atoms with Crippen LogP contribution in [-0.4, -0.2) is 5.11 Å². The van der Waals surface area contributed by atoms with Crippen molar-refractivity contribution in [3.63, 3.8) is 0 Å². The summed E-state index contributed by atoms with van der Waals surface area (Å²) in [6, 6.07) is 2.16. The second-order valence-corrected chi connectivity index (χ2v) is 2.76. The lowest BCUT2D eigenvalue weighted by molar-refractivity contribution is -0.137. The Balaban J connectivity index is 3.44. The van der Waals surface area contributed by atoms with Gasteiger partial charge in [0.2, 0.25) is 0 Å². The maximum atomic E-state index is 12.9. The van der Waals surface area contributed by atoms with Crippen LogP contribution in [0.5, 0.6) is 0 Å². The van der Waals surface area contributed by atoms with Gasteiger partial charge >= 0.3 is 6.18 Å². The molecular formula is C9H5F4NO. The molecule has 0 amide bonds. The first-order chi connectivity index (χ1) is 6.90. The zero-order valence-corrected chi connectivity index (χ0v) is 7.27. The molecule has 0 heterocycles. The largest absolute Gasteiger partial charge is 0.417 e. The van der Waals surface area contributed by atoms with Crippen molar-refractivity contribution in [2.24, 2.45) is 0 Å². The molecule has 0 fully saturated rings. The van der Waals surface area contributed by atoms with Crippen LogP contribution in [0, 0.1) is 17.1 Å². The Labute approximate surface area is 82.4 Å². The normalized spacial score (nSPS) is 11.2. The van der Waals surface area contributed by atoms with Gasteiger partial charge in [0.05, 0.1) is 23.8 Å². The minimum atomic E-state index is -4.73. The molecule has 0 radical (unpaired) electrons. The van der Waals surface area contributed by atoms with Gasteiger partial charge in [0.15, 0.2) is 0 Å². The van der Waals surface area contributed by atoms with Crippen LogP contribution in [0.2, 0.25) is 0 Å². The maximum Gasteiger partial charge on any atom is 0.417 e. The zero-order valence-electron chi connectivity index (χ0n) is 7.27. The summed E-state index contributed by atoms with van der Waals surface area (Å²) < 4.78 is 49.9. The van der Waals surface area contributed by atoms with Gasteiger partial charge in [-0.1, -0.05) is 0 Å². The molecule has 0 bridgehead atoms. The second-order valence-electron chi connectivity index (χ2n) is 2.76. The lowest BCUT2D eigenvalue weighted by atomic mass is 10.0. The lowest BCUT2D eigenvalue weighted by Gasteiger charge is -2.10. The fraction of sp³-hybridized carbons (Fsp3) is 0.222. The smallest absolute Gasteiger partial charge is 0.392 e. The first-order valence-electron chi connectivity index (χ1n) is 3.80. The SMILES string of the molecule is N#Cc1cc(F)c(CO)cc1C(F)(F)F. The molecule has 15 heavy (non-hydrogen) atoms. The van der Waals surface area contributed by atoms with Gasteiger partial charge in [0, 0.05) is 5.56 Å². The molecule has 0 atom stereocenters. The topological polar surface area (TPSA) is 44.0 Å². The van der Waals surface area contributed by atoms with E-state index in [1.54, 1.807) is 0 Å². The summed E-state index contributed by atoms with van der Waals surface area (Å²) >= 11 is 0. The number of halogens is 4. The fourth-order valence-corrected chi connectivity index (χ4v) is 1.07. The Kier molecular flexibility index (Phi) is 2.95. The average Bonchev–Trinajstić information content (AvgIpc) is 2.15. The summed E-state index contributed by atoms with van der Waals surface area (Å²) in [5.74, 6) is -1.03. The van der Waals surface area contributed by atoms with Crippen molar-refractivity contribution in [3.8, 4) is 6.07 Å². The lowest BCUT2D eigenvalue weighted by Crippen LogP contribution is -2.09. The highest BCUT2D eigenvalue weighted by Gasteiger charge is 2.34. The summed E-state index contributed by atoms with van der Waals surface area (Å²) in [6.45, 7) is -0.847. The molecule has 6 heteroatoms. The second kappa shape index (κ2) is 3.87. The third kappa shape index (κ3) is 2.25. The van der Waals surface area contributed by atoms with Gasteiger partial charge in [-0.15, -0.1) is 0 Å². The van der Waals surface area contributed by atoms with Crippen LogP contribution in [0.15, 0.2) is 12.1 Å². The van der Waals surface area contributed by atoms with E-state index in [0.29, 0.717) is 12.1 Å². The van der Waals surface area contributed by atoms with Crippen LogP contribution in [-0.2, 0) is 12.8 Å². The van der Waals surface area contributed by atoms with Gasteiger partial charge in [-0.2, -0.15) is 18.4 Å². The highest BCUT2D eigenvalue weighted by molar-refractivity contribution is 5.42. The van der Waals surface area contributed by atoms with E-state index in [-0.39, 0.29) is 0 Å². The van der Waals surface area contributed by atoms with E-state index in [4.69, 9.17) is 10.4 Å². The van der Waals surface area contributed by atoms with Gasteiger partial charge in [0.25, 0.3) is 0 Å². The quantitative estimate of drug-likeness (QED) is 0.736. The maximum absolute atomic E-state index is 12.9. The van der Waals surface area contributed by atoms with Crippen molar-refractivity contribution in [2.75, 3.05) is 0 Å². The number of rotatable bonds is 1. The van der Waals surface area contributed by atoms with Gasteiger partial charge in [0.1, 0.15) is 5.82 Å². The molecule has 1 aromatic carbocycles. The third-order valence-electron chi connectivity index (χ3n) is 1.78. The van der Waals surface area contributed by atoms with Gasteiger partial charge in [-0.3, -0.25) is 0 Å². The fourth-order valence-electron chi connectivity index (χ4n) is 1.07. The Morgan fingerprint density at radius 3 is 2.33 bits per heavy atom. The summed E-state index contributed by atoms with van der Waals surface area (Å²) in [5, 5.41) is 17.0. The molecule has 1 N–H and O–H groups in total. The molecule has 0 aliphatic heterocycles. The molecule has 1 rings (SSSR count). The number of aliphatic hydroxyl groups excluding tert-OH is 1. The van der Waals surface area contributed by atoms with Crippen molar-refractivity contribution in [1.29, 1.82) is 5.26 Å². The number of alkyl halides is 3. The van der Waals surface area contributed by atoms with Crippen molar-refractivity contribution < 1.29 is 22.7 Å². The number of nitriles is 1. The number of benzene rings is 1. The molecule has 0 saturated carbocycles. The monoisotopic (exact) mass is 219 g/mol. The van der Waals surface area contributed by atoms with Crippen LogP contribution < -0.4 is 0 Å². The summed E-state index contributed by atoms with van der Waals surface area (Å²) in [4.78, 5) is 0. The third-order valence-corrected chi connectivity index (χ3v) is 1.78. The van der Waals surface area contributed by atoms with E-state index in [9.17, 15) is 17.6 Å². The average molecular weight is 219 g/mol. The van der Waals surface area contributed by atoms with E-state index in [1.807, 2.05) is 0 Å². The Hall–Kier alpha value is -1.61. The molecule has 0 aromatic heterocycles. The number of aliphatic hydroxyl groups is 1. The van der Waals surface area contributed by atoms with E-state index < -0.39 is 35.3 Å². The summed E-state index contributed by atoms with van der Waals surface area (Å²) in [6.07, 6.45) is -4.73. The Morgan fingerprint density at radius 2 is 1.93 bits per heavy atom. The number of nitrogens with zero attached hydrogens (tertiary/aromatic N) is 1. The summed E-state index contributed by atoms with van der Waals surface area (Å²) in [5.41, 5.74) is -2.52. The van der Waals surface area contributed by atoms with Crippen molar-refractivity contribution >= 4 is 0 Å². The number of hydrogen-bond donors (Lipinski definition) is 1. The van der Waals surface area contributed by atoms with Crippen molar-refractivity contribution in [1.82, 2.24) is 0 Å². The van der Waals surface area contributed by atoms with E-state index in [0.717, 1.165) is 0 Å². The van der Waals surface area contributed by atoms with Crippen molar-refractivity contribution in [2.45, 2.75) is 12.8 Å². The minimum Gasteiger partial charge on any atom is -0.392 e. The molecule has 0 saturated heterocycles. The van der Waals surface area contributed by atoms with E-state index >= 15 is 0 Å². The minimum absolute atomic E-state index is 0.438. The van der Waals surface area contributed by atoms with Crippen LogP contribution in [0.4, 0.5) is 17.6 Å². The molecular weight excluding hydrogens is 214 g/mol. The van der Waals surface area contributed by atoms with Gasteiger partial charge in [-0.05, 0) is 12.1 Å². The van der Waals surface area contributed by atoms with Gasteiger partial charge < -0.3 is 5.11 Å². The highest BCUT2D eigenvalue weighted by Crippen LogP contribution is 2.33. The first kappa shape index (κ1) is 11.5. The first-order valence-corrected chi connectivity index (χ1v) is 3.80. The number of hydrogen-bond acceptors (Lipinski definition) is 2. The van der Waals surface area contributed by atoms with Gasteiger partial charge in [-0.25, -0.2) is 4.39 Å². The molecule has 0 aliphatic carbocycles. The van der Waals surface area contributed by atoms with Crippen LogP contribution in [0.1, 0.15) is 16.7 Å². The van der Waals surface area contributed by atoms with E-state index in [1.165, 1.54) is 6.07 Å². The summed E-state index contributed by atoms with van der Waals surface area (Å²) in [7, 11) is 0. The molecule has 1 aromatic rings. The van der Waals surface area contributed by atoms with Crippen LogP contribution in [0.3, 0.4) is 0 Å². The standard InChI is InChI=1S/C9H5F4NO/c10-8-2-5(3-14)7(9(11,12)13)1-6(8)4-15/h1-2,15H,4H2.